The van der Waals surface area contributed by atoms with E-state index in [-0.39, 0.29) is 17.7 Å². The molecule has 21 heavy (non-hydrogen) atoms. The maximum Gasteiger partial charge on any atom is 0.404 e. The summed E-state index contributed by atoms with van der Waals surface area (Å²) in [5, 5.41) is 13.0. The molecule has 1 aliphatic rings. The third-order valence-corrected chi connectivity index (χ3v) is 3.83. The molecule has 2 amide bonds. The highest BCUT2D eigenvalue weighted by atomic mass is 16.4. The molecule has 122 valence electrons. The standard InChI is InChI=1S/C15H29N3O3/c1-12(9-13(2)11-16-15(20)21)10-14(19)17-18-7-5-3-4-6-8-18/h12-13,16H,3-11H2,1-2H3,(H,17,19)(H,20,21). The van der Waals surface area contributed by atoms with Gasteiger partial charge >= 0.3 is 6.09 Å². The van der Waals surface area contributed by atoms with Crippen LogP contribution in [0.4, 0.5) is 4.79 Å². The lowest BCUT2D eigenvalue weighted by atomic mass is 9.94. The molecule has 2 unspecified atom stereocenters. The van der Waals surface area contributed by atoms with E-state index in [0.29, 0.717) is 13.0 Å². The molecule has 0 bridgehead atoms. The summed E-state index contributed by atoms with van der Waals surface area (Å²) in [7, 11) is 0. The topological polar surface area (TPSA) is 81.7 Å². The zero-order valence-corrected chi connectivity index (χ0v) is 13.2. The van der Waals surface area contributed by atoms with Crippen molar-refractivity contribution in [3.63, 3.8) is 0 Å². The first kappa shape index (κ1) is 17.8. The van der Waals surface area contributed by atoms with Gasteiger partial charge in [-0.05, 0) is 31.1 Å². The van der Waals surface area contributed by atoms with Gasteiger partial charge in [0.1, 0.15) is 0 Å². The van der Waals surface area contributed by atoms with Gasteiger partial charge in [0.25, 0.3) is 0 Å². The second-order valence-corrected chi connectivity index (χ2v) is 6.27. The van der Waals surface area contributed by atoms with Crippen LogP contribution in [0.5, 0.6) is 0 Å². The molecule has 1 rings (SSSR count). The molecule has 1 heterocycles. The van der Waals surface area contributed by atoms with Crippen LogP contribution >= 0.6 is 0 Å². The summed E-state index contributed by atoms with van der Waals surface area (Å²) in [6.45, 7) is 6.37. The van der Waals surface area contributed by atoms with Crippen molar-refractivity contribution >= 4 is 12.0 Å². The highest BCUT2D eigenvalue weighted by Gasteiger charge is 2.16. The van der Waals surface area contributed by atoms with Gasteiger partial charge in [0.05, 0.1) is 0 Å². The van der Waals surface area contributed by atoms with Crippen LogP contribution in [-0.4, -0.2) is 41.8 Å². The number of hydrogen-bond donors (Lipinski definition) is 3. The number of hydrogen-bond acceptors (Lipinski definition) is 3. The van der Waals surface area contributed by atoms with E-state index < -0.39 is 6.09 Å². The molecule has 0 aliphatic carbocycles. The van der Waals surface area contributed by atoms with Crippen LogP contribution in [0, 0.1) is 11.8 Å². The molecular weight excluding hydrogens is 270 g/mol. The summed E-state index contributed by atoms with van der Waals surface area (Å²) in [5.41, 5.74) is 3.00. The Hall–Kier alpha value is -1.30. The summed E-state index contributed by atoms with van der Waals surface area (Å²) in [5.74, 6) is 0.562. The van der Waals surface area contributed by atoms with E-state index in [0.717, 1.165) is 32.4 Å². The number of rotatable bonds is 7. The van der Waals surface area contributed by atoms with Gasteiger partial charge in [0, 0.05) is 26.1 Å². The Labute approximate surface area is 127 Å². The lowest BCUT2D eigenvalue weighted by Crippen LogP contribution is -2.43. The van der Waals surface area contributed by atoms with Crippen molar-refractivity contribution < 1.29 is 14.7 Å². The highest BCUT2D eigenvalue weighted by Crippen LogP contribution is 2.15. The van der Waals surface area contributed by atoms with E-state index in [4.69, 9.17) is 5.11 Å². The third kappa shape index (κ3) is 8.55. The molecule has 3 N–H and O–H groups in total. The van der Waals surface area contributed by atoms with Gasteiger partial charge in [0.2, 0.25) is 5.91 Å². The van der Waals surface area contributed by atoms with E-state index >= 15 is 0 Å². The molecule has 0 saturated carbocycles. The number of carbonyl (C=O) groups excluding carboxylic acids is 1. The second-order valence-electron chi connectivity index (χ2n) is 6.27. The fourth-order valence-electron chi connectivity index (χ4n) is 2.84. The van der Waals surface area contributed by atoms with Crippen molar-refractivity contribution in [2.24, 2.45) is 11.8 Å². The number of carboxylic acid groups (broad SMARTS) is 1. The number of hydrazine groups is 1. The Balaban J connectivity index is 2.21. The van der Waals surface area contributed by atoms with E-state index in [1.165, 1.54) is 12.8 Å². The lowest BCUT2D eigenvalue weighted by molar-refractivity contribution is -0.126. The van der Waals surface area contributed by atoms with E-state index in [2.05, 4.69) is 10.7 Å². The molecule has 0 spiro atoms. The van der Waals surface area contributed by atoms with E-state index in [1.54, 1.807) is 0 Å². The minimum absolute atomic E-state index is 0.0720. The number of nitrogens with zero attached hydrogens (tertiary/aromatic N) is 1. The smallest absolute Gasteiger partial charge is 0.404 e. The largest absolute Gasteiger partial charge is 0.465 e. The Morgan fingerprint density at radius 2 is 1.71 bits per heavy atom. The first-order valence-corrected chi connectivity index (χ1v) is 7.98. The van der Waals surface area contributed by atoms with Crippen molar-refractivity contribution in [3.05, 3.63) is 0 Å². The Morgan fingerprint density at radius 3 is 2.29 bits per heavy atom. The SMILES string of the molecule is CC(CNC(=O)O)CC(C)CC(=O)NN1CCCCCC1. The highest BCUT2D eigenvalue weighted by molar-refractivity contribution is 5.75. The molecule has 6 heteroatoms. The molecule has 1 saturated heterocycles. The van der Waals surface area contributed by atoms with Gasteiger partial charge < -0.3 is 10.4 Å². The second kappa shape index (κ2) is 9.60. The molecule has 0 aromatic carbocycles. The normalized spacial score (nSPS) is 19.3. The van der Waals surface area contributed by atoms with Crippen molar-refractivity contribution in [1.29, 1.82) is 0 Å². The minimum atomic E-state index is -0.992. The van der Waals surface area contributed by atoms with Crippen molar-refractivity contribution in [2.45, 2.75) is 52.4 Å². The molecule has 1 fully saturated rings. The number of carbonyl (C=O) groups is 2. The van der Waals surface area contributed by atoms with Gasteiger partial charge in [-0.1, -0.05) is 26.7 Å². The molecule has 2 atom stereocenters. The number of nitrogens with one attached hydrogen (secondary N) is 2. The van der Waals surface area contributed by atoms with Gasteiger partial charge in [0.15, 0.2) is 0 Å². The Bertz CT molecular complexity index is 328. The summed E-state index contributed by atoms with van der Waals surface area (Å²) >= 11 is 0. The molecule has 6 nitrogen and oxygen atoms in total. The van der Waals surface area contributed by atoms with Crippen molar-refractivity contribution in [3.8, 4) is 0 Å². The molecule has 0 radical (unpaired) electrons. The van der Waals surface area contributed by atoms with Gasteiger partial charge in [-0.2, -0.15) is 0 Å². The first-order valence-electron chi connectivity index (χ1n) is 7.98. The van der Waals surface area contributed by atoms with Gasteiger partial charge in [-0.15, -0.1) is 0 Å². The summed E-state index contributed by atoms with van der Waals surface area (Å²) < 4.78 is 0. The monoisotopic (exact) mass is 299 g/mol. The Morgan fingerprint density at radius 1 is 1.10 bits per heavy atom. The summed E-state index contributed by atoms with van der Waals surface area (Å²) in [6, 6.07) is 0. The minimum Gasteiger partial charge on any atom is -0.465 e. The van der Waals surface area contributed by atoms with Gasteiger partial charge in [-0.3, -0.25) is 10.2 Å². The predicted molar refractivity (Wildman–Crippen MR) is 81.8 cm³/mol. The Kier molecular flexibility index (Phi) is 8.12. The maximum absolute atomic E-state index is 12.0. The zero-order chi connectivity index (χ0) is 15.7. The molecular formula is C15H29N3O3. The van der Waals surface area contributed by atoms with Crippen LogP contribution < -0.4 is 10.7 Å². The molecule has 1 aliphatic heterocycles. The average Bonchev–Trinajstić information content (AvgIpc) is 2.64. The van der Waals surface area contributed by atoms with Crippen molar-refractivity contribution in [1.82, 2.24) is 15.8 Å². The predicted octanol–water partition coefficient (Wildman–Crippen LogP) is 2.21. The van der Waals surface area contributed by atoms with Crippen LogP contribution in [0.25, 0.3) is 0 Å². The lowest BCUT2D eigenvalue weighted by Gasteiger charge is -2.22. The fraction of sp³-hybridized carbons (Fsp3) is 0.867. The van der Waals surface area contributed by atoms with Gasteiger partial charge in [-0.25, -0.2) is 9.80 Å². The van der Waals surface area contributed by atoms with Crippen molar-refractivity contribution in [2.75, 3.05) is 19.6 Å². The number of amides is 2. The molecule has 0 aromatic heterocycles. The quantitative estimate of drug-likeness (QED) is 0.673. The first-order chi connectivity index (χ1) is 9.97. The van der Waals surface area contributed by atoms with Crippen LogP contribution in [-0.2, 0) is 4.79 Å². The van der Waals surface area contributed by atoms with E-state index in [9.17, 15) is 9.59 Å². The van der Waals surface area contributed by atoms with Crippen LogP contribution in [0.3, 0.4) is 0 Å². The van der Waals surface area contributed by atoms with Crippen LogP contribution in [0.2, 0.25) is 0 Å². The molecule has 0 aromatic rings. The third-order valence-electron chi connectivity index (χ3n) is 3.83. The van der Waals surface area contributed by atoms with Crippen LogP contribution in [0.1, 0.15) is 52.4 Å². The van der Waals surface area contributed by atoms with Crippen LogP contribution in [0.15, 0.2) is 0 Å². The van der Waals surface area contributed by atoms with E-state index in [1.807, 2.05) is 18.9 Å². The average molecular weight is 299 g/mol. The zero-order valence-electron chi connectivity index (χ0n) is 13.2. The summed E-state index contributed by atoms with van der Waals surface area (Å²) in [6.07, 6.45) is 5.13. The maximum atomic E-state index is 12.0. The fourth-order valence-corrected chi connectivity index (χ4v) is 2.84. The summed E-state index contributed by atoms with van der Waals surface area (Å²) in [4.78, 5) is 22.5.